The van der Waals surface area contributed by atoms with Crippen molar-refractivity contribution in [3.8, 4) is 0 Å². The van der Waals surface area contributed by atoms with Gasteiger partial charge in [0, 0.05) is 38.4 Å². The highest BCUT2D eigenvalue weighted by atomic mass is 19.1. The highest BCUT2D eigenvalue weighted by Gasteiger charge is 2.41. The Morgan fingerprint density at radius 3 is 2.70 bits per heavy atom. The van der Waals surface area contributed by atoms with Crippen LogP contribution in [0.3, 0.4) is 0 Å². The SMILES string of the molecule is CCNC(=O)[C@@H]1C[C@H](NC(=O)Cc2ccccc2F)CN1C1CCOCC1. The molecule has 2 aliphatic rings. The molecule has 6 nitrogen and oxygen atoms in total. The lowest BCUT2D eigenvalue weighted by molar-refractivity contribution is -0.127. The van der Waals surface area contributed by atoms with E-state index in [0.29, 0.717) is 44.3 Å². The van der Waals surface area contributed by atoms with Gasteiger partial charge in [-0.3, -0.25) is 14.5 Å². The lowest BCUT2D eigenvalue weighted by Gasteiger charge is -2.34. The Bertz CT molecular complexity index is 664. The molecule has 0 unspecified atom stereocenters. The number of likely N-dealkylation sites (tertiary alicyclic amines) is 1. The summed E-state index contributed by atoms with van der Waals surface area (Å²) < 4.78 is 19.2. The van der Waals surface area contributed by atoms with Crippen LogP contribution in [0.25, 0.3) is 0 Å². The van der Waals surface area contributed by atoms with Gasteiger partial charge in [0.1, 0.15) is 5.82 Å². The van der Waals surface area contributed by atoms with Gasteiger partial charge in [-0.1, -0.05) is 18.2 Å². The second-order valence-electron chi connectivity index (χ2n) is 7.22. The van der Waals surface area contributed by atoms with E-state index in [4.69, 9.17) is 4.74 Å². The summed E-state index contributed by atoms with van der Waals surface area (Å²) >= 11 is 0. The summed E-state index contributed by atoms with van der Waals surface area (Å²) in [5.74, 6) is -0.577. The maximum atomic E-state index is 13.8. The summed E-state index contributed by atoms with van der Waals surface area (Å²) in [7, 11) is 0. The van der Waals surface area contributed by atoms with Crippen LogP contribution in [0.4, 0.5) is 4.39 Å². The number of halogens is 1. The highest BCUT2D eigenvalue weighted by molar-refractivity contribution is 5.83. The fraction of sp³-hybridized carbons (Fsp3) is 0.600. The van der Waals surface area contributed by atoms with Gasteiger partial charge in [0.2, 0.25) is 11.8 Å². The minimum Gasteiger partial charge on any atom is -0.381 e. The number of hydrogen-bond acceptors (Lipinski definition) is 4. The highest BCUT2D eigenvalue weighted by Crippen LogP contribution is 2.26. The first-order valence-corrected chi connectivity index (χ1v) is 9.72. The lowest BCUT2D eigenvalue weighted by atomic mass is 10.1. The topological polar surface area (TPSA) is 70.7 Å². The molecule has 2 heterocycles. The summed E-state index contributed by atoms with van der Waals surface area (Å²) in [4.78, 5) is 27.1. The van der Waals surface area contributed by atoms with Crippen molar-refractivity contribution in [3.05, 3.63) is 35.6 Å². The number of carbonyl (C=O) groups excluding carboxylic acids is 2. The number of hydrogen-bond donors (Lipinski definition) is 2. The number of ether oxygens (including phenoxy) is 1. The molecule has 1 aromatic carbocycles. The molecular weight excluding hydrogens is 349 g/mol. The Morgan fingerprint density at radius 2 is 2.00 bits per heavy atom. The minimum absolute atomic E-state index is 0.00622. The molecule has 2 aliphatic heterocycles. The van der Waals surface area contributed by atoms with E-state index in [-0.39, 0.29) is 36.1 Å². The van der Waals surface area contributed by atoms with E-state index in [2.05, 4.69) is 15.5 Å². The Kier molecular flexibility index (Phi) is 6.79. The molecule has 0 bridgehead atoms. The third kappa shape index (κ3) is 5.05. The lowest BCUT2D eigenvalue weighted by Crippen LogP contribution is -2.49. The molecule has 1 aromatic rings. The van der Waals surface area contributed by atoms with Crippen molar-refractivity contribution >= 4 is 11.8 Å². The molecule has 7 heteroatoms. The predicted molar refractivity (Wildman–Crippen MR) is 99.7 cm³/mol. The number of carbonyl (C=O) groups is 2. The average molecular weight is 377 g/mol. The fourth-order valence-electron chi connectivity index (χ4n) is 4.03. The number of rotatable bonds is 6. The van der Waals surface area contributed by atoms with Crippen molar-refractivity contribution in [2.45, 2.75) is 50.7 Å². The molecule has 2 saturated heterocycles. The first-order chi connectivity index (χ1) is 13.1. The van der Waals surface area contributed by atoms with E-state index >= 15 is 0 Å². The third-order valence-electron chi connectivity index (χ3n) is 5.33. The summed E-state index contributed by atoms with van der Waals surface area (Å²) in [5.41, 5.74) is 0.384. The summed E-state index contributed by atoms with van der Waals surface area (Å²) in [6, 6.07) is 6.24. The van der Waals surface area contributed by atoms with Crippen LogP contribution in [-0.4, -0.2) is 61.1 Å². The zero-order valence-electron chi connectivity index (χ0n) is 15.7. The van der Waals surface area contributed by atoms with Crippen LogP contribution in [0.5, 0.6) is 0 Å². The van der Waals surface area contributed by atoms with Crippen LogP contribution >= 0.6 is 0 Å². The standard InChI is InChI=1S/C20H28FN3O3/c1-2-22-20(26)18-12-15(13-24(18)16-7-9-27-10-8-16)23-19(25)11-14-5-3-4-6-17(14)21/h3-6,15-16,18H,2,7-13H2,1H3,(H,22,26)(H,23,25)/t15-,18-/m0/s1. The van der Waals surface area contributed by atoms with Gasteiger partial charge in [-0.2, -0.15) is 0 Å². The number of nitrogens with zero attached hydrogens (tertiary/aromatic N) is 1. The third-order valence-corrected chi connectivity index (χ3v) is 5.33. The van der Waals surface area contributed by atoms with Crippen molar-refractivity contribution in [1.29, 1.82) is 0 Å². The molecule has 2 N–H and O–H groups in total. The maximum Gasteiger partial charge on any atom is 0.237 e. The molecule has 0 saturated carbocycles. The van der Waals surface area contributed by atoms with Gasteiger partial charge in [0.25, 0.3) is 0 Å². The van der Waals surface area contributed by atoms with Gasteiger partial charge in [-0.05, 0) is 37.8 Å². The van der Waals surface area contributed by atoms with E-state index < -0.39 is 0 Å². The molecule has 0 spiro atoms. The molecule has 2 atom stereocenters. The van der Waals surface area contributed by atoms with Crippen molar-refractivity contribution in [2.24, 2.45) is 0 Å². The summed E-state index contributed by atoms with van der Waals surface area (Å²) in [6.07, 6.45) is 2.37. The van der Waals surface area contributed by atoms with Gasteiger partial charge in [0.15, 0.2) is 0 Å². The monoisotopic (exact) mass is 377 g/mol. The molecule has 27 heavy (non-hydrogen) atoms. The Hall–Kier alpha value is -1.99. The van der Waals surface area contributed by atoms with Crippen LogP contribution < -0.4 is 10.6 Å². The summed E-state index contributed by atoms with van der Waals surface area (Å²) in [5, 5.41) is 5.90. The van der Waals surface area contributed by atoms with Crippen molar-refractivity contribution < 1.29 is 18.7 Å². The van der Waals surface area contributed by atoms with Crippen LogP contribution in [0, 0.1) is 5.82 Å². The van der Waals surface area contributed by atoms with E-state index in [9.17, 15) is 14.0 Å². The summed E-state index contributed by atoms with van der Waals surface area (Å²) in [6.45, 7) is 4.53. The predicted octanol–water partition coefficient (Wildman–Crippen LogP) is 1.24. The first-order valence-electron chi connectivity index (χ1n) is 9.72. The Morgan fingerprint density at radius 1 is 1.26 bits per heavy atom. The Balaban J connectivity index is 1.62. The van der Waals surface area contributed by atoms with Crippen molar-refractivity contribution in [3.63, 3.8) is 0 Å². The largest absolute Gasteiger partial charge is 0.381 e. The first kappa shape index (κ1) is 19.8. The molecule has 0 radical (unpaired) electrons. The van der Waals surface area contributed by atoms with Gasteiger partial charge in [-0.25, -0.2) is 4.39 Å². The van der Waals surface area contributed by atoms with Crippen LogP contribution in [0.2, 0.25) is 0 Å². The van der Waals surface area contributed by atoms with Crippen molar-refractivity contribution in [1.82, 2.24) is 15.5 Å². The van der Waals surface area contributed by atoms with Gasteiger partial charge < -0.3 is 15.4 Å². The second kappa shape index (κ2) is 9.28. The smallest absolute Gasteiger partial charge is 0.237 e. The maximum absolute atomic E-state index is 13.8. The molecular formula is C20H28FN3O3. The number of benzene rings is 1. The van der Waals surface area contributed by atoms with Crippen LogP contribution in [0.1, 0.15) is 31.7 Å². The zero-order chi connectivity index (χ0) is 19.2. The van der Waals surface area contributed by atoms with Crippen LogP contribution in [-0.2, 0) is 20.7 Å². The van der Waals surface area contributed by atoms with E-state index in [0.717, 1.165) is 12.8 Å². The average Bonchev–Trinajstić information content (AvgIpc) is 3.08. The molecule has 0 aromatic heterocycles. The molecule has 3 rings (SSSR count). The minimum atomic E-state index is -0.372. The normalized spacial score (nSPS) is 23.9. The number of amides is 2. The Labute approximate surface area is 159 Å². The molecule has 0 aliphatic carbocycles. The molecule has 2 amide bonds. The van der Waals surface area contributed by atoms with Gasteiger partial charge in [0.05, 0.1) is 12.5 Å². The second-order valence-corrected chi connectivity index (χ2v) is 7.22. The van der Waals surface area contributed by atoms with Crippen LogP contribution in [0.15, 0.2) is 24.3 Å². The fourth-order valence-corrected chi connectivity index (χ4v) is 4.03. The van der Waals surface area contributed by atoms with Gasteiger partial charge >= 0.3 is 0 Å². The van der Waals surface area contributed by atoms with E-state index in [1.54, 1.807) is 18.2 Å². The molecule has 2 fully saturated rings. The zero-order valence-corrected chi connectivity index (χ0v) is 15.7. The number of nitrogens with one attached hydrogen (secondary N) is 2. The molecule has 148 valence electrons. The quantitative estimate of drug-likeness (QED) is 0.783. The van der Waals surface area contributed by atoms with Crippen molar-refractivity contribution in [2.75, 3.05) is 26.3 Å². The number of likely N-dealkylation sites (N-methyl/N-ethyl adjacent to an activating group) is 1. The van der Waals surface area contributed by atoms with E-state index in [1.165, 1.54) is 6.07 Å². The van der Waals surface area contributed by atoms with Gasteiger partial charge in [-0.15, -0.1) is 0 Å². The van der Waals surface area contributed by atoms with E-state index in [1.807, 2.05) is 6.92 Å².